The minimum Gasteiger partial charge on any atom is -0.486 e. The quantitative estimate of drug-likeness (QED) is 0.812. The molecule has 2 aromatic rings. The molecule has 1 fully saturated rings. The largest absolute Gasteiger partial charge is 0.486 e. The van der Waals surface area contributed by atoms with Gasteiger partial charge in [0.2, 0.25) is 5.91 Å². The van der Waals surface area contributed by atoms with E-state index in [1.807, 2.05) is 0 Å². The average Bonchev–Trinajstić information content (AvgIpc) is 2.74. The van der Waals surface area contributed by atoms with Crippen molar-refractivity contribution in [3.8, 4) is 11.5 Å². The van der Waals surface area contributed by atoms with Crippen molar-refractivity contribution in [3.63, 3.8) is 0 Å². The SMILES string of the molecule is O=C1C(C(O)c2ccc3c(c2)OCCO3)CCCN1Cc1ccc(C(F)(F)F)cc1. The molecule has 2 atom stereocenters. The number of alkyl halides is 3. The van der Waals surface area contributed by atoms with Gasteiger partial charge in [0, 0.05) is 13.1 Å². The first kappa shape index (κ1) is 20.5. The van der Waals surface area contributed by atoms with Gasteiger partial charge >= 0.3 is 6.18 Å². The molecule has 5 nitrogen and oxygen atoms in total. The van der Waals surface area contributed by atoms with Gasteiger partial charge in [0.05, 0.1) is 17.6 Å². The summed E-state index contributed by atoms with van der Waals surface area (Å²) in [5.74, 6) is 0.332. The summed E-state index contributed by atoms with van der Waals surface area (Å²) in [6.07, 6.45) is -4.14. The van der Waals surface area contributed by atoms with Gasteiger partial charge in [-0.1, -0.05) is 18.2 Å². The fourth-order valence-electron chi connectivity index (χ4n) is 3.92. The molecule has 2 unspecified atom stereocenters. The fraction of sp³-hybridized carbons (Fsp3) is 0.409. The first-order valence-corrected chi connectivity index (χ1v) is 9.85. The van der Waals surface area contributed by atoms with E-state index in [0.29, 0.717) is 55.2 Å². The number of amides is 1. The zero-order valence-corrected chi connectivity index (χ0v) is 16.2. The van der Waals surface area contributed by atoms with Gasteiger partial charge in [-0.25, -0.2) is 0 Å². The fourth-order valence-corrected chi connectivity index (χ4v) is 3.92. The van der Waals surface area contributed by atoms with E-state index in [1.165, 1.54) is 12.1 Å². The molecule has 0 bridgehead atoms. The van der Waals surface area contributed by atoms with Crippen LogP contribution in [0, 0.1) is 5.92 Å². The molecule has 0 aromatic heterocycles. The lowest BCUT2D eigenvalue weighted by molar-refractivity contribution is -0.144. The first-order valence-electron chi connectivity index (χ1n) is 9.85. The summed E-state index contributed by atoms with van der Waals surface area (Å²) >= 11 is 0. The molecule has 1 saturated heterocycles. The number of carbonyl (C=O) groups excluding carboxylic acids is 1. The number of hydrogen-bond donors (Lipinski definition) is 1. The third-order valence-electron chi connectivity index (χ3n) is 5.52. The Morgan fingerprint density at radius 1 is 1.07 bits per heavy atom. The van der Waals surface area contributed by atoms with Crippen LogP contribution in [0.2, 0.25) is 0 Å². The molecule has 2 aromatic carbocycles. The van der Waals surface area contributed by atoms with E-state index in [2.05, 4.69) is 0 Å². The summed E-state index contributed by atoms with van der Waals surface area (Å²) in [6, 6.07) is 9.95. The zero-order valence-electron chi connectivity index (χ0n) is 16.2. The molecule has 0 radical (unpaired) electrons. The van der Waals surface area contributed by atoms with Gasteiger partial charge in [-0.2, -0.15) is 13.2 Å². The molecule has 160 valence electrons. The Bertz CT molecular complexity index is 914. The molecule has 0 aliphatic carbocycles. The van der Waals surface area contributed by atoms with Crippen LogP contribution in [-0.4, -0.2) is 35.7 Å². The molecule has 8 heteroatoms. The van der Waals surface area contributed by atoms with Crippen molar-refractivity contribution in [1.29, 1.82) is 0 Å². The van der Waals surface area contributed by atoms with Crippen LogP contribution in [0.1, 0.15) is 35.6 Å². The molecule has 30 heavy (non-hydrogen) atoms. The number of fused-ring (bicyclic) bond motifs is 1. The van der Waals surface area contributed by atoms with E-state index in [1.54, 1.807) is 23.1 Å². The number of carbonyl (C=O) groups is 1. The first-order chi connectivity index (χ1) is 14.3. The number of aliphatic hydroxyl groups excluding tert-OH is 1. The zero-order chi connectivity index (χ0) is 21.3. The van der Waals surface area contributed by atoms with Crippen molar-refractivity contribution >= 4 is 5.91 Å². The van der Waals surface area contributed by atoms with E-state index in [4.69, 9.17) is 9.47 Å². The van der Waals surface area contributed by atoms with Gasteiger partial charge in [-0.15, -0.1) is 0 Å². The highest BCUT2D eigenvalue weighted by Crippen LogP contribution is 2.37. The molecule has 0 saturated carbocycles. The summed E-state index contributed by atoms with van der Waals surface area (Å²) in [5, 5.41) is 10.9. The maximum absolute atomic E-state index is 13.0. The predicted molar refractivity (Wildman–Crippen MR) is 102 cm³/mol. The molecular weight excluding hydrogens is 399 g/mol. The molecule has 2 aliphatic heterocycles. The van der Waals surface area contributed by atoms with Crippen molar-refractivity contribution in [3.05, 3.63) is 59.2 Å². The van der Waals surface area contributed by atoms with E-state index >= 15 is 0 Å². The van der Waals surface area contributed by atoms with Crippen molar-refractivity contribution in [2.24, 2.45) is 5.92 Å². The van der Waals surface area contributed by atoms with Gasteiger partial charge in [-0.05, 0) is 48.2 Å². The minimum atomic E-state index is -4.39. The number of nitrogens with zero attached hydrogens (tertiary/aromatic N) is 1. The maximum Gasteiger partial charge on any atom is 0.416 e. The third kappa shape index (κ3) is 4.23. The topological polar surface area (TPSA) is 59.0 Å². The number of piperidine rings is 1. The van der Waals surface area contributed by atoms with Crippen LogP contribution in [0.15, 0.2) is 42.5 Å². The lowest BCUT2D eigenvalue weighted by Gasteiger charge is -2.35. The van der Waals surface area contributed by atoms with E-state index < -0.39 is 23.8 Å². The lowest BCUT2D eigenvalue weighted by atomic mass is 9.87. The molecule has 2 heterocycles. The summed E-state index contributed by atoms with van der Waals surface area (Å²) in [7, 11) is 0. The van der Waals surface area contributed by atoms with Crippen molar-refractivity contribution in [2.75, 3.05) is 19.8 Å². The Kier molecular flexibility index (Phi) is 5.60. The number of likely N-dealkylation sites (tertiary alicyclic amines) is 1. The van der Waals surface area contributed by atoms with E-state index in [-0.39, 0.29) is 12.5 Å². The predicted octanol–water partition coefficient (Wildman–Crippen LogP) is 3.95. The highest BCUT2D eigenvalue weighted by molar-refractivity contribution is 5.80. The van der Waals surface area contributed by atoms with Crippen LogP contribution < -0.4 is 9.47 Å². The number of ether oxygens (including phenoxy) is 2. The second kappa shape index (κ2) is 8.18. The number of rotatable bonds is 4. The van der Waals surface area contributed by atoms with Crippen LogP contribution in [0.5, 0.6) is 11.5 Å². The molecular formula is C22H22F3NO4. The smallest absolute Gasteiger partial charge is 0.416 e. The van der Waals surface area contributed by atoms with Crippen LogP contribution in [0.4, 0.5) is 13.2 Å². The van der Waals surface area contributed by atoms with Crippen molar-refractivity contribution in [1.82, 2.24) is 4.90 Å². The monoisotopic (exact) mass is 421 g/mol. The Balaban J connectivity index is 1.46. The van der Waals surface area contributed by atoms with Crippen molar-refractivity contribution in [2.45, 2.75) is 31.7 Å². The van der Waals surface area contributed by atoms with Crippen LogP contribution in [0.25, 0.3) is 0 Å². The Morgan fingerprint density at radius 3 is 2.47 bits per heavy atom. The van der Waals surface area contributed by atoms with Crippen molar-refractivity contribution < 1.29 is 32.5 Å². The van der Waals surface area contributed by atoms with Crippen LogP contribution in [0.3, 0.4) is 0 Å². The second-order valence-electron chi connectivity index (χ2n) is 7.55. The average molecular weight is 421 g/mol. The third-order valence-corrected chi connectivity index (χ3v) is 5.52. The van der Waals surface area contributed by atoms with Gasteiger partial charge in [-0.3, -0.25) is 4.79 Å². The summed E-state index contributed by atoms with van der Waals surface area (Å²) in [6.45, 7) is 1.61. The summed E-state index contributed by atoms with van der Waals surface area (Å²) in [5.41, 5.74) is 0.475. The highest BCUT2D eigenvalue weighted by Gasteiger charge is 2.35. The Morgan fingerprint density at radius 2 is 1.77 bits per heavy atom. The molecule has 1 N–H and O–H groups in total. The minimum absolute atomic E-state index is 0.205. The van der Waals surface area contributed by atoms with E-state index in [9.17, 15) is 23.1 Å². The van der Waals surface area contributed by atoms with E-state index in [0.717, 1.165) is 12.1 Å². The number of aliphatic hydroxyl groups is 1. The molecule has 1 amide bonds. The van der Waals surface area contributed by atoms with Gasteiger partial charge in [0.1, 0.15) is 13.2 Å². The molecule has 2 aliphatic rings. The summed E-state index contributed by atoms with van der Waals surface area (Å²) < 4.78 is 49.2. The lowest BCUT2D eigenvalue weighted by Crippen LogP contribution is -2.42. The number of halogens is 3. The maximum atomic E-state index is 13.0. The Labute approximate surface area is 172 Å². The Hall–Kier alpha value is -2.74. The molecule has 0 spiro atoms. The summed E-state index contributed by atoms with van der Waals surface area (Å²) in [4.78, 5) is 14.6. The van der Waals surface area contributed by atoms with Gasteiger partial charge in [0.15, 0.2) is 11.5 Å². The number of hydrogen-bond acceptors (Lipinski definition) is 4. The standard InChI is InChI=1S/C22H22F3NO4/c23-22(24,25)16-6-3-14(4-7-16)13-26-9-1-2-17(21(26)28)20(27)15-5-8-18-19(12-15)30-11-10-29-18/h3-8,12,17,20,27H,1-2,9-11,13H2. The van der Waals surface area contributed by atoms with Crippen LogP contribution in [-0.2, 0) is 17.5 Å². The highest BCUT2D eigenvalue weighted by atomic mass is 19.4. The second-order valence-corrected chi connectivity index (χ2v) is 7.55. The molecule has 4 rings (SSSR count). The normalized spacial score (nSPS) is 20.2. The number of benzene rings is 2. The van der Waals surface area contributed by atoms with Gasteiger partial charge < -0.3 is 19.5 Å². The van der Waals surface area contributed by atoms with Crippen LogP contribution >= 0.6 is 0 Å². The van der Waals surface area contributed by atoms with Gasteiger partial charge in [0.25, 0.3) is 0 Å².